The Bertz CT molecular complexity index is 42.3. The number of hydrogen-bond acceptors (Lipinski definition) is 3. The molecule has 50 valence electrons. The summed E-state index contributed by atoms with van der Waals surface area (Å²) in [5, 5.41) is 8.51. The van der Waals surface area contributed by atoms with Gasteiger partial charge in [0, 0.05) is 14.2 Å². The Morgan fingerprint density at radius 2 is 2.00 bits per heavy atom. The van der Waals surface area contributed by atoms with Gasteiger partial charge in [-0.25, -0.2) is 0 Å². The SMILES string of the molecule is COCC(O)OC.[AlH3]. The number of ether oxygens (including phenoxy) is 2. The second-order valence-corrected chi connectivity index (χ2v) is 1.15. The zero-order chi connectivity index (χ0) is 5.70. The van der Waals surface area contributed by atoms with Crippen molar-refractivity contribution in [2.75, 3.05) is 20.8 Å². The molecule has 0 spiro atoms. The van der Waals surface area contributed by atoms with Crippen molar-refractivity contribution in [2.45, 2.75) is 6.29 Å². The summed E-state index contributed by atoms with van der Waals surface area (Å²) in [7, 11) is 2.92. The molecule has 0 aromatic heterocycles. The van der Waals surface area contributed by atoms with Gasteiger partial charge in [-0.3, -0.25) is 0 Å². The first kappa shape index (κ1) is 11.2. The van der Waals surface area contributed by atoms with Crippen molar-refractivity contribution in [2.24, 2.45) is 0 Å². The Hall–Kier alpha value is 0.412. The molecule has 1 unspecified atom stereocenters. The fourth-order valence-electron chi connectivity index (χ4n) is 0.211. The minimum Gasteiger partial charge on any atom is -0.379 e. The van der Waals surface area contributed by atoms with Gasteiger partial charge in [0.25, 0.3) is 0 Å². The van der Waals surface area contributed by atoms with Gasteiger partial charge in [0.2, 0.25) is 0 Å². The van der Waals surface area contributed by atoms with Gasteiger partial charge in [-0.1, -0.05) is 0 Å². The molecule has 3 nitrogen and oxygen atoms in total. The first-order chi connectivity index (χ1) is 3.31. The summed E-state index contributed by atoms with van der Waals surface area (Å²) >= 11 is 0. The Morgan fingerprint density at radius 1 is 1.50 bits per heavy atom. The predicted octanol–water partition coefficient (Wildman–Crippen LogP) is -1.59. The van der Waals surface area contributed by atoms with E-state index >= 15 is 0 Å². The van der Waals surface area contributed by atoms with Crippen LogP contribution in [0.15, 0.2) is 0 Å². The van der Waals surface area contributed by atoms with E-state index in [1.165, 1.54) is 14.2 Å². The van der Waals surface area contributed by atoms with Crippen LogP contribution in [-0.4, -0.2) is 49.6 Å². The van der Waals surface area contributed by atoms with Gasteiger partial charge < -0.3 is 14.6 Å². The minimum atomic E-state index is -0.773. The number of aliphatic hydroxyl groups excluding tert-OH is 1. The number of rotatable bonds is 3. The molecule has 0 aliphatic rings. The zero-order valence-electron chi connectivity index (χ0n) is 4.55. The lowest BCUT2D eigenvalue weighted by Gasteiger charge is -2.03. The van der Waals surface area contributed by atoms with Crippen LogP contribution in [0.5, 0.6) is 0 Å². The minimum absolute atomic E-state index is 0. The van der Waals surface area contributed by atoms with Crippen LogP contribution in [0.4, 0.5) is 0 Å². The van der Waals surface area contributed by atoms with Crippen molar-refractivity contribution in [3.8, 4) is 0 Å². The maximum absolute atomic E-state index is 8.51. The highest BCUT2D eigenvalue weighted by Crippen LogP contribution is 1.80. The Kier molecular flexibility index (Phi) is 10.4. The average molecular weight is 136 g/mol. The molecule has 0 aromatic carbocycles. The van der Waals surface area contributed by atoms with Crippen LogP contribution < -0.4 is 0 Å². The zero-order valence-corrected chi connectivity index (χ0v) is 4.55. The van der Waals surface area contributed by atoms with Crippen molar-refractivity contribution in [1.29, 1.82) is 0 Å². The largest absolute Gasteiger partial charge is 0.379 e. The van der Waals surface area contributed by atoms with Crippen LogP contribution in [0.2, 0.25) is 0 Å². The third kappa shape index (κ3) is 6.41. The normalized spacial score (nSPS) is 12.4. The molecule has 4 heteroatoms. The van der Waals surface area contributed by atoms with Gasteiger partial charge in [-0.2, -0.15) is 0 Å². The van der Waals surface area contributed by atoms with Gasteiger partial charge in [0.05, 0.1) is 6.61 Å². The molecule has 8 heavy (non-hydrogen) atoms. The molecule has 0 amide bonds. The summed E-state index contributed by atoms with van der Waals surface area (Å²) in [6, 6.07) is 0. The van der Waals surface area contributed by atoms with Crippen LogP contribution in [0.25, 0.3) is 0 Å². The summed E-state index contributed by atoms with van der Waals surface area (Å²) in [6.45, 7) is 0.233. The Labute approximate surface area is 59.7 Å². The fourth-order valence-corrected chi connectivity index (χ4v) is 0.211. The molecule has 1 N–H and O–H groups in total. The lowest BCUT2D eigenvalue weighted by atomic mass is 10.7. The van der Waals surface area contributed by atoms with Crippen LogP contribution in [0.1, 0.15) is 0 Å². The second kappa shape index (κ2) is 7.41. The van der Waals surface area contributed by atoms with Crippen molar-refractivity contribution < 1.29 is 14.6 Å². The number of hydrogen-bond donors (Lipinski definition) is 1. The van der Waals surface area contributed by atoms with Crippen molar-refractivity contribution in [1.82, 2.24) is 0 Å². The highest BCUT2D eigenvalue weighted by Gasteiger charge is 1.95. The average Bonchev–Trinajstić information content (AvgIpc) is 1.68. The van der Waals surface area contributed by atoms with Crippen LogP contribution >= 0.6 is 0 Å². The number of aliphatic hydroxyl groups is 1. The Balaban J connectivity index is 0. The third-order valence-corrected chi connectivity index (χ3v) is 0.581. The maximum Gasteiger partial charge on any atom is 0.187 e. The first-order valence-corrected chi connectivity index (χ1v) is 2.01. The van der Waals surface area contributed by atoms with E-state index in [-0.39, 0.29) is 24.0 Å². The van der Waals surface area contributed by atoms with Crippen molar-refractivity contribution >= 4 is 17.4 Å². The van der Waals surface area contributed by atoms with Crippen LogP contribution in [-0.2, 0) is 9.47 Å². The fraction of sp³-hybridized carbons (Fsp3) is 1.00. The molecule has 1 atom stereocenters. The summed E-state index contributed by atoms with van der Waals surface area (Å²) < 4.78 is 8.94. The molecular formula is C4H13AlO3. The molecule has 0 aliphatic heterocycles. The lowest BCUT2D eigenvalue weighted by Crippen LogP contribution is -2.15. The standard InChI is InChI=1S/C4H10O3.Al.3H/c1-6-3-4(5)7-2;;;;/h4-5H,3H2,1-2H3;;;;. The van der Waals surface area contributed by atoms with E-state index in [1.54, 1.807) is 0 Å². The molecule has 0 heterocycles. The smallest absolute Gasteiger partial charge is 0.187 e. The summed E-state index contributed by atoms with van der Waals surface area (Å²) in [4.78, 5) is 0. The van der Waals surface area contributed by atoms with E-state index in [0.29, 0.717) is 0 Å². The quantitative estimate of drug-likeness (QED) is 0.375. The van der Waals surface area contributed by atoms with E-state index in [0.717, 1.165) is 0 Å². The van der Waals surface area contributed by atoms with Gasteiger partial charge in [0.15, 0.2) is 23.7 Å². The van der Waals surface area contributed by atoms with E-state index in [2.05, 4.69) is 9.47 Å². The summed E-state index contributed by atoms with van der Waals surface area (Å²) in [6.07, 6.45) is -0.773. The highest BCUT2D eigenvalue weighted by atomic mass is 27.0. The van der Waals surface area contributed by atoms with Gasteiger partial charge >= 0.3 is 0 Å². The van der Waals surface area contributed by atoms with E-state index < -0.39 is 6.29 Å². The lowest BCUT2D eigenvalue weighted by molar-refractivity contribution is -0.111. The molecule has 0 aromatic rings. The van der Waals surface area contributed by atoms with E-state index in [1.807, 2.05) is 0 Å². The molecule has 0 rings (SSSR count). The van der Waals surface area contributed by atoms with Crippen LogP contribution in [0.3, 0.4) is 0 Å². The molecule has 0 saturated carbocycles. The molecule has 0 bridgehead atoms. The Morgan fingerprint density at radius 3 is 2.12 bits per heavy atom. The van der Waals surface area contributed by atoms with E-state index in [4.69, 9.17) is 5.11 Å². The summed E-state index contributed by atoms with van der Waals surface area (Å²) in [5.74, 6) is 0. The predicted molar refractivity (Wildman–Crippen MR) is 34.8 cm³/mol. The molecule has 0 saturated heterocycles. The maximum atomic E-state index is 8.51. The van der Waals surface area contributed by atoms with Crippen LogP contribution in [0, 0.1) is 0 Å². The molecule has 0 radical (unpaired) electrons. The monoisotopic (exact) mass is 136 g/mol. The van der Waals surface area contributed by atoms with Gasteiger partial charge in [0.1, 0.15) is 0 Å². The van der Waals surface area contributed by atoms with Crippen molar-refractivity contribution in [3.05, 3.63) is 0 Å². The topological polar surface area (TPSA) is 38.7 Å². The molecular weight excluding hydrogens is 123 g/mol. The summed E-state index contributed by atoms with van der Waals surface area (Å²) in [5.41, 5.74) is 0. The molecule has 0 aliphatic carbocycles. The third-order valence-electron chi connectivity index (χ3n) is 0.581. The first-order valence-electron chi connectivity index (χ1n) is 2.01. The highest BCUT2D eigenvalue weighted by molar-refractivity contribution is 5.75. The van der Waals surface area contributed by atoms with Gasteiger partial charge in [-0.15, -0.1) is 0 Å². The number of methoxy groups -OCH3 is 2. The van der Waals surface area contributed by atoms with E-state index in [9.17, 15) is 0 Å². The second-order valence-electron chi connectivity index (χ2n) is 1.15. The van der Waals surface area contributed by atoms with Crippen molar-refractivity contribution in [3.63, 3.8) is 0 Å². The van der Waals surface area contributed by atoms with Gasteiger partial charge in [-0.05, 0) is 0 Å². The molecule has 0 fully saturated rings.